The van der Waals surface area contributed by atoms with E-state index in [0.717, 1.165) is 11.1 Å². The molecule has 1 aromatic carbocycles. The number of rotatable bonds is 2. The summed E-state index contributed by atoms with van der Waals surface area (Å²) >= 11 is 0. The lowest BCUT2D eigenvalue weighted by atomic mass is 10.1. The maximum Gasteiger partial charge on any atom is 0.291 e. The fraction of sp³-hybridized carbons (Fsp3) is 0.0833. The van der Waals surface area contributed by atoms with Crippen LogP contribution in [0, 0.1) is 17.0 Å². The van der Waals surface area contributed by atoms with Gasteiger partial charge < -0.3 is 0 Å². The van der Waals surface area contributed by atoms with Gasteiger partial charge in [0.15, 0.2) is 0 Å². The molecule has 4 nitrogen and oxygen atoms in total. The molecule has 80 valence electrons. The van der Waals surface area contributed by atoms with Gasteiger partial charge in [0.25, 0.3) is 5.69 Å². The largest absolute Gasteiger partial charge is 0.291 e. The SMILES string of the molecule is Cc1ncc(-c2ccccc2)cc1[N+](=O)[O-]. The fourth-order valence-electron chi connectivity index (χ4n) is 1.49. The van der Waals surface area contributed by atoms with Gasteiger partial charge in [0, 0.05) is 17.8 Å². The first-order chi connectivity index (χ1) is 7.68. The first-order valence-electron chi connectivity index (χ1n) is 4.85. The number of hydrogen-bond donors (Lipinski definition) is 0. The second-order valence-electron chi connectivity index (χ2n) is 3.45. The Morgan fingerprint density at radius 3 is 2.50 bits per heavy atom. The minimum atomic E-state index is -0.408. The van der Waals surface area contributed by atoms with Crippen molar-refractivity contribution in [2.24, 2.45) is 0 Å². The van der Waals surface area contributed by atoms with Crippen LogP contribution < -0.4 is 0 Å². The van der Waals surface area contributed by atoms with Crippen molar-refractivity contribution in [2.45, 2.75) is 6.92 Å². The van der Waals surface area contributed by atoms with Crippen molar-refractivity contribution in [1.29, 1.82) is 0 Å². The highest BCUT2D eigenvalue weighted by Gasteiger charge is 2.12. The Labute approximate surface area is 92.7 Å². The third-order valence-corrected chi connectivity index (χ3v) is 2.36. The molecule has 0 fully saturated rings. The molecule has 0 aliphatic carbocycles. The van der Waals surface area contributed by atoms with Crippen LogP contribution in [-0.2, 0) is 0 Å². The number of nitro groups is 1. The van der Waals surface area contributed by atoms with Gasteiger partial charge in [-0.05, 0) is 12.5 Å². The number of benzene rings is 1. The zero-order valence-electron chi connectivity index (χ0n) is 8.75. The first-order valence-corrected chi connectivity index (χ1v) is 4.85. The Bertz CT molecular complexity index is 524. The maximum absolute atomic E-state index is 10.8. The number of nitrogens with zero attached hydrogens (tertiary/aromatic N) is 2. The highest BCUT2D eigenvalue weighted by Crippen LogP contribution is 2.24. The van der Waals surface area contributed by atoms with Gasteiger partial charge in [-0.2, -0.15) is 0 Å². The van der Waals surface area contributed by atoms with Crippen molar-refractivity contribution in [3.63, 3.8) is 0 Å². The Hall–Kier alpha value is -2.23. The van der Waals surface area contributed by atoms with Gasteiger partial charge in [-0.15, -0.1) is 0 Å². The van der Waals surface area contributed by atoms with Crippen LogP contribution in [0.1, 0.15) is 5.69 Å². The van der Waals surface area contributed by atoms with Gasteiger partial charge in [-0.1, -0.05) is 30.3 Å². The monoisotopic (exact) mass is 214 g/mol. The Morgan fingerprint density at radius 1 is 1.19 bits per heavy atom. The van der Waals surface area contributed by atoms with Crippen LogP contribution in [0.2, 0.25) is 0 Å². The second kappa shape index (κ2) is 4.10. The van der Waals surface area contributed by atoms with Crippen LogP contribution in [0.25, 0.3) is 11.1 Å². The molecule has 0 radical (unpaired) electrons. The molecule has 0 atom stereocenters. The summed E-state index contributed by atoms with van der Waals surface area (Å²) in [6, 6.07) is 11.0. The average Bonchev–Trinajstić information content (AvgIpc) is 2.30. The lowest BCUT2D eigenvalue weighted by Crippen LogP contribution is -1.94. The van der Waals surface area contributed by atoms with E-state index < -0.39 is 4.92 Å². The molecule has 2 rings (SSSR count). The summed E-state index contributed by atoms with van der Waals surface area (Å²) in [5, 5.41) is 10.8. The standard InChI is InChI=1S/C12H10N2O2/c1-9-12(14(15)16)7-11(8-13-9)10-5-3-2-4-6-10/h2-8H,1H3. The van der Waals surface area contributed by atoms with Crippen molar-refractivity contribution >= 4 is 5.69 Å². The summed E-state index contributed by atoms with van der Waals surface area (Å²) in [6.07, 6.45) is 1.65. The van der Waals surface area contributed by atoms with Crippen LogP contribution in [0.15, 0.2) is 42.6 Å². The molecule has 0 spiro atoms. The molecular weight excluding hydrogens is 204 g/mol. The van der Waals surface area contributed by atoms with Crippen molar-refractivity contribution < 1.29 is 4.92 Å². The third-order valence-electron chi connectivity index (χ3n) is 2.36. The molecule has 16 heavy (non-hydrogen) atoms. The zero-order chi connectivity index (χ0) is 11.5. The van der Waals surface area contributed by atoms with Crippen LogP contribution in [-0.4, -0.2) is 9.91 Å². The Balaban J connectivity index is 2.52. The van der Waals surface area contributed by atoms with E-state index >= 15 is 0 Å². The predicted molar refractivity (Wildman–Crippen MR) is 61.1 cm³/mol. The van der Waals surface area contributed by atoms with Gasteiger partial charge in [0.2, 0.25) is 0 Å². The summed E-state index contributed by atoms with van der Waals surface area (Å²) in [5.74, 6) is 0. The summed E-state index contributed by atoms with van der Waals surface area (Å²) in [6.45, 7) is 1.63. The molecular formula is C12H10N2O2. The predicted octanol–water partition coefficient (Wildman–Crippen LogP) is 2.97. The number of aryl methyl sites for hydroxylation is 1. The maximum atomic E-state index is 10.8. The zero-order valence-corrected chi connectivity index (χ0v) is 8.75. The van der Waals surface area contributed by atoms with E-state index in [4.69, 9.17) is 0 Å². The molecule has 0 aliphatic rings. The highest BCUT2D eigenvalue weighted by molar-refractivity contribution is 5.65. The van der Waals surface area contributed by atoms with Crippen LogP contribution in [0.3, 0.4) is 0 Å². The molecule has 0 amide bonds. The van der Waals surface area contributed by atoms with Crippen LogP contribution in [0.5, 0.6) is 0 Å². The number of hydrogen-bond acceptors (Lipinski definition) is 3. The van der Waals surface area contributed by atoms with Gasteiger partial charge in [0.05, 0.1) is 4.92 Å². The van der Waals surface area contributed by atoms with Gasteiger partial charge in [0.1, 0.15) is 5.69 Å². The molecule has 0 bridgehead atoms. The van der Waals surface area contributed by atoms with E-state index in [9.17, 15) is 10.1 Å². The lowest BCUT2D eigenvalue weighted by molar-refractivity contribution is -0.385. The number of aromatic nitrogens is 1. The van der Waals surface area contributed by atoms with Crippen LogP contribution in [0.4, 0.5) is 5.69 Å². The van der Waals surface area contributed by atoms with Gasteiger partial charge in [-0.25, -0.2) is 0 Å². The van der Waals surface area contributed by atoms with Crippen molar-refractivity contribution in [1.82, 2.24) is 4.98 Å². The van der Waals surface area contributed by atoms with E-state index in [-0.39, 0.29) is 5.69 Å². The summed E-state index contributed by atoms with van der Waals surface area (Å²) < 4.78 is 0. The smallest absolute Gasteiger partial charge is 0.258 e. The van der Waals surface area contributed by atoms with E-state index in [1.54, 1.807) is 19.2 Å². The summed E-state index contributed by atoms with van der Waals surface area (Å²) in [7, 11) is 0. The molecule has 1 aromatic heterocycles. The van der Waals surface area contributed by atoms with E-state index in [1.807, 2.05) is 30.3 Å². The van der Waals surface area contributed by atoms with E-state index in [1.165, 1.54) is 0 Å². The highest BCUT2D eigenvalue weighted by atomic mass is 16.6. The van der Waals surface area contributed by atoms with Crippen molar-refractivity contribution in [2.75, 3.05) is 0 Å². The summed E-state index contributed by atoms with van der Waals surface area (Å²) in [5.41, 5.74) is 2.18. The van der Waals surface area contributed by atoms with Crippen molar-refractivity contribution in [3.05, 3.63) is 58.4 Å². The normalized spacial score (nSPS) is 10.1. The topological polar surface area (TPSA) is 56.0 Å². The van der Waals surface area contributed by atoms with Crippen LogP contribution >= 0.6 is 0 Å². The molecule has 4 heteroatoms. The lowest BCUT2D eigenvalue weighted by Gasteiger charge is -2.02. The summed E-state index contributed by atoms with van der Waals surface area (Å²) in [4.78, 5) is 14.4. The molecule has 0 saturated carbocycles. The first kappa shape index (κ1) is 10.3. The quantitative estimate of drug-likeness (QED) is 0.570. The van der Waals surface area contributed by atoms with Gasteiger partial charge >= 0.3 is 0 Å². The minimum absolute atomic E-state index is 0.0568. The Kier molecular flexibility index (Phi) is 2.64. The fourth-order valence-corrected chi connectivity index (χ4v) is 1.49. The second-order valence-corrected chi connectivity index (χ2v) is 3.45. The Morgan fingerprint density at radius 2 is 1.88 bits per heavy atom. The van der Waals surface area contributed by atoms with Gasteiger partial charge in [-0.3, -0.25) is 15.1 Å². The third kappa shape index (κ3) is 1.91. The number of pyridine rings is 1. The molecule has 0 N–H and O–H groups in total. The molecule has 0 aliphatic heterocycles. The van der Waals surface area contributed by atoms with Crippen molar-refractivity contribution in [3.8, 4) is 11.1 Å². The average molecular weight is 214 g/mol. The van der Waals surface area contributed by atoms with E-state index in [2.05, 4.69) is 4.98 Å². The molecule has 2 aromatic rings. The molecule has 0 unspecified atom stereocenters. The molecule has 0 saturated heterocycles. The minimum Gasteiger partial charge on any atom is -0.258 e. The molecule has 1 heterocycles. The van der Waals surface area contributed by atoms with E-state index in [0.29, 0.717) is 5.69 Å².